The largest absolute Gasteiger partial charge is 0.379 e. The quantitative estimate of drug-likeness (QED) is 0.372. The van der Waals surface area contributed by atoms with E-state index in [0.29, 0.717) is 22.4 Å². The number of anilines is 1. The number of nitro groups is 1. The van der Waals surface area contributed by atoms with Gasteiger partial charge in [0.2, 0.25) is 0 Å². The first kappa shape index (κ1) is 22.4. The maximum atomic E-state index is 11.1. The Balaban J connectivity index is 1.67. The van der Waals surface area contributed by atoms with E-state index in [1.165, 1.54) is 18.2 Å². The first-order valence-electron chi connectivity index (χ1n) is 9.72. The van der Waals surface area contributed by atoms with Crippen LogP contribution in [0.25, 0.3) is 0 Å². The molecule has 30 heavy (non-hydrogen) atoms. The molecule has 8 nitrogen and oxygen atoms in total. The highest BCUT2D eigenvalue weighted by Gasteiger charge is 2.16. The lowest BCUT2D eigenvalue weighted by Crippen LogP contribution is -2.40. The molecule has 3 rings (SSSR count). The first-order chi connectivity index (χ1) is 14.5. The molecule has 0 amide bonds. The van der Waals surface area contributed by atoms with Crippen LogP contribution < -0.4 is 5.32 Å². The van der Waals surface area contributed by atoms with Gasteiger partial charge >= 0.3 is 0 Å². The molecule has 0 aliphatic carbocycles. The fourth-order valence-electron chi connectivity index (χ4n) is 3.19. The lowest BCUT2D eigenvalue weighted by atomic mass is 10.2. The van der Waals surface area contributed by atoms with Gasteiger partial charge < -0.3 is 15.0 Å². The SMILES string of the molecule is O=[N+]([O-])c1ccc(Cl)c(NC(=S)N(CCCN2CCOCC2)Cc2ccncc2)c1. The van der Waals surface area contributed by atoms with Crippen LogP contribution in [-0.2, 0) is 11.3 Å². The molecule has 1 aromatic carbocycles. The van der Waals surface area contributed by atoms with Crippen LogP contribution in [0.15, 0.2) is 42.7 Å². The predicted molar refractivity (Wildman–Crippen MR) is 121 cm³/mol. The summed E-state index contributed by atoms with van der Waals surface area (Å²) in [5.41, 5.74) is 1.45. The molecule has 160 valence electrons. The maximum Gasteiger partial charge on any atom is 0.271 e. The molecule has 1 fully saturated rings. The van der Waals surface area contributed by atoms with Gasteiger partial charge in [-0.05, 0) is 42.4 Å². The number of thiocarbonyl (C=S) groups is 1. The molecule has 0 radical (unpaired) electrons. The topological polar surface area (TPSA) is 83.8 Å². The number of hydrogen-bond donors (Lipinski definition) is 1. The molecule has 0 bridgehead atoms. The van der Waals surface area contributed by atoms with Crippen LogP contribution in [0, 0.1) is 10.1 Å². The Hall–Kier alpha value is -2.33. The zero-order chi connectivity index (χ0) is 21.3. The van der Waals surface area contributed by atoms with Gasteiger partial charge in [-0.25, -0.2) is 0 Å². The number of ether oxygens (including phenoxy) is 1. The van der Waals surface area contributed by atoms with Crippen molar-refractivity contribution in [3.8, 4) is 0 Å². The first-order valence-corrected chi connectivity index (χ1v) is 10.5. The number of aromatic nitrogens is 1. The lowest BCUT2D eigenvalue weighted by Gasteiger charge is -2.29. The number of pyridine rings is 1. The van der Waals surface area contributed by atoms with Crippen molar-refractivity contribution in [1.82, 2.24) is 14.8 Å². The van der Waals surface area contributed by atoms with Gasteiger partial charge in [-0.15, -0.1) is 0 Å². The Morgan fingerprint density at radius 2 is 2.03 bits per heavy atom. The van der Waals surface area contributed by atoms with Crippen molar-refractivity contribution in [2.75, 3.05) is 44.7 Å². The Kier molecular flexibility index (Phi) is 8.32. The molecular weight excluding hydrogens is 426 g/mol. The highest BCUT2D eigenvalue weighted by atomic mass is 35.5. The van der Waals surface area contributed by atoms with Crippen molar-refractivity contribution in [1.29, 1.82) is 0 Å². The van der Waals surface area contributed by atoms with Crippen molar-refractivity contribution in [2.24, 2.45) is 0 Å². The molecule has 2 aromatic rings. The smallest absolute Gasteiger partial charge is 0.271 e. The number of nitro benzene ring substituents is 1. The second-order valence-corrected chi connectivity index (χ2v) is 7.73. The molecule has 0 saturated carbocycles. The molecule has 0 spiro atoms. The summed E-state index contributed by atoms with van der Waals surface area (Å²) >= 11 is 11.9. The third kappa shape index (κ3) is 6.60. The Morgan fingerprint density at radius 1 is 1.30 bits per heavy atom. The maximum absolute atomic E-state index is 11.1. The minimum atomic E-state index is -0.457. The van der Waals surface area contributed by atoms with E-state index in [0.717, 1.165) is 51.4 Å². The van der Waals surface area contributed by atoms with E-state index in [4.69, 9.17) is 28.6 Å². The number of halogens is 1. The van der Waals surface area contributed by atoms with Gasteiger partial charge in [0.1, 0.15) is 0 Å². The predicted octanol–water partition coefficient (Wildman–Crippen LogP) is 3.56. The summed E-state index contributed by atoms with van der Waals surface area (Å²) in [6.07, 6.45) is 4.42. The minimum absolute atomic E-state index is 0.0438. The number of morpholine rings is 1. The molecule has 1 aliphatic rings. The van der Waals surface area contributed by atoms with Gasteiger partial charge in [0.25, 0.3) is 5.69 Å². The summed E-state index contributed by atoms with van der Waals surface area (Å²) < 4.78 is 5.40. The lowest BCUT2D eigenvalue weighted by molar-refractivity contribution is -0.384. The van der Waals surface area contributed by atoms with Crippen molar-refractivity contribution >= 4 is 40.3 Å². The number of nitrogens with zero attached hydrogens (tertiary/aromatic N) is 4. The van der Waals surface area contributed by atoms with Crippen LogP contribution in [0.2, 0.25) is 5.02 Å². The van der Waals surface area contributed by atoms with Crippen molar-refractivity contribution < 1.29 is 9.66 Å². The molecular formula is C20H24ClN5O3S. The van der Waals surface area contributed by atoms with Gasteiger partial charge in [-0.1, -0.05) is 11.6 Å². The molecule has 1 aromatic heterocycles. The Bertz CT molecular complexity index is 865. The average molecular weight is 450 g/mol. The van der Waals surface area contributed by atoms with Crippen LogP contribution in [0.1, 0.15) is 12.0 Å². The van der Waals surface area contributed by atoms with E-state index in [2.05, 4.69) is 15.2 Å². The summed E-state index contributed by atoms with van der Waals surface area (Å²) in [5.74, 6) is 0. The van der Waals surface area contributed by atoms with Gasteiger partial charge in [-0.3, -0.25) is 20.0 Å². The second-order valence-electron chi connectivity index (χ2n) is 6.94. The molecule has 1 aliphatic heterocycles. The fraction of sp³-hybridized carbons (Fsp3) is 0.400. The number of nitrogens with one attached hydrogen (secondary N) is 1. The summed E-state index contributed by atoms with van der Waals surface area (Å²) in [6, 6.07) is 8.15. The normalized spacial score (nSPS) is 14.3. The highest BCUT2D eigenvalue weighted by Crippen LogP contribution is 2.27. The van der Waals surface area contributed by atoms with Crippen LogP contribution in [0.5, 0.6) is 0 Å². The number of rotatable bonds is 8. The molecule has 2 heterocycles. The van der Waals surface area contributed by atoms with E-state index in [1.807, 2.05) is 17.0 Å². The van der Waals surface area contributed by atoms with Gasteiger partial charge in [0.15, 0.2) is 5.11 Å². The van der Waals surface area contributed by atoms with Gasteiger partial charge in [-0.2, -0.15) is 0 Å². The fourth-order valence-corrected chi connectivity index (χ4v) is 3.62. The summed E-state index contributed by atoms with van der Waals surface area (Å²) in [7, 11) is 0. The number of hydrogen-bond acceptors (Lipinski definition) is 6. The third-order valence-corrected chi connectivity index (χ3v) is 5.51. The molecule has 0 unspecified atom stereocenters. The van der Waals surface area contributed by atoms with Crippen LogP contribution in [0.3, 0.4) is 0 Å². The second kappa shape index (κ2) is 11.2. The number of non-ortho nitro benzene ring substituents is 1. The molecule has 1 N–H and O–H groups in total. The number of benzene rings is 1. The van der Waals surface area contributed by atoms with Crippen molar-refractivity contribution in [2.45, 2.75) is 13.0 Å². The third-order valence-electron chi connectivity index (χ3n) is 4.82. The summed E-state index contributed by atoms with van der Waals surface area (Å²) in [5, 5.41) is 15.0. The zero-order valence-corrected chi connectivity index (χ0v) is 18.1. The Labute approximate surface area is 185 Å². The average Bonchev–Trinajstić information content (AvgIpc) is 2.76. The zero-order valence-electron chi connectivity index (χ0n) is 16.5. The van der Waals surface area contributed by atoms with Crippen LogP contribution in [0.4, 0.5) is 11.4 Å². The molecule has 10 heteroatoms. The molecule has 1 saturated heterocycles. The molecule has 0 atom stereocenters. The minimum Gasteiger partial charge on any atom is -0.379 e. The van der Waals surface area contributed by atoms with Crippen LogP contribution >= 0.6 is 23.8 Å². The monoisotopic (exact) mass is 449 g/mol. The van der Waals surface area contributed by atoms with Crippen LogP contribution in [-0.4, -0.2) is 64.2 Å². The van der Waals surface area contributed by atoms with E-state index in [9.17, 15) is 10.1 Å². The Morgan fingerprint density at radius 3 is 2.73 bits per heavy atom. The summed E-state index contributed by atoms with van der Waals surface area (Å²) in [4.78, 5) is 19.1. The van der Waals surface area contributed by atoms with E-state index < -0.39 is 4.92 Å². The van der Waals surface area contributed by atoms with E-state index in [-0.39, 0.29) is 5.69 Å². The van der Waals surface area contributed by atoms with E-state index in [1.54, 1.807) is 12.4 Å². The standard InChI is InChI=1S/C20H24ClN5O3S/c21-18-3-2-17(26(27)28)14-19(18)23-20(30)25(15-16-4-6-22-7-5-16)9-1-8-24-10-12-29-13-11-24/h2-7,14H,1,8-13,15H2,(H,23,30). The summed E-state index contributed by atoms with van der Waals surface area (Å²) in [6.45, 7) is 5.71. The van der Waals surface area contributed by atoms with Gasteiger partial charge in [0, 0.05) is 57.3 Å². The van der Waals surface area contributed by atoms with Crippen molar-refractivity contribution in [3.05, 3.63) is 63.4 Å². The highest BCUT2D eigenvalue weighted by molar-refractivity contribution is 7.80. The van der Waals surface area contributed by atoms with Gasteiger partial charge in [0.05, 0.1) is 28.8 Å². The van der Waals surface area contributed by atoms with Crippen molar-refractivity contribution in [3.63, 3.8) is 0 Å². The van der Waals surface area contributed by atoms with E-state index >= 15 is 0 Å².